The van der Waals surface area contributed by atoms with Crippen molar-refractivity contribution in [3.63, 3.8) is 0 Å². The van der Waals surface area contributed by atoms with Crippen LogP contribution in [0.1, 0.15) is 5.56 Å². The summed E-state index contributed by atoms with van der Waals surface area (Å²) in [5.74, 6) is 0.341. The van der Waals surface area contributed by atoms with Gasteiger partial charge in [-0.3, -0.25) is 4.79 Å². The zero-order valence-electron chi connectivity index (χ0n) is 10.8. The molecular weight excluding hydrogens is 274 g/mol. The minimum Gasteiger partial charge on any atom is -0.384 e. The molecule has 1 aromatic carbocycles. The van der Waals surface area contributed by atoms with Crippen molar-refractivity contribution in [3.05, 3.63) is 53.2 Å². The molecule has 1 atom stereocenters. The van der Waals surface area contributed by atoms with E-state index in [2.05, 4.69) is 15.6 Å². The maximum absolute atomic E-state index is 12.3. The third-order valence-electron chi connectivity index (χ3n) is 3.36. The molecule has 1 unspecified atom stereocenters. The van der Waals surface area contributed by atoms with Crippen LogP contribution in [-0.4, -0.2) is 17.4 Å². The van der Waals surface area contributed by atoms with Gasteiger partial charge in [-0.1, -0.05) is 35.9 Å². The fraction of sp³-hybridized carbons (Fsp3) is 0.200. The maximum Gasteiger partial charge on any atom is 0.230 e. The summed E-state index contributed by atoms with van der Waals surface area (Å²) < 4.78 is 0. The Hall–Kier alpha value is -2.07. The van der Waals surface area contributed by atoms with Crippen LogP contribution in [0.3, 0.4) is 0 Å². The second-order valence-electron chi connectivity index (χ2n) is 4.77. The lowest BCUT2D eigenvalue weighted by Crippen LogP contribution is -2.33. The highest BCUT2D eigenvalue weighted by atomic mass is 35.5. The molecule has 102 valence electrons. The minimum absolute atomic E-state index is 0.0400. The lowest BCUT2D eigenvalue weighted by molar-refractivity contribution is -0.119. The first kappa shape index (κ1) is 12.9. The molecule has 0 spiro atoms. The Kier molecular flexibility index (Phi) is 3.56. The molecule has 0 fully saturated rings. The van der Waals surface area contributed by atoms with Crippen molar-refractivity contribution in [3.8, 4) is 0 Å². The van der Waals surface area contributed by atoms with Crippen molar-refractivity contribution in [2.24, 2.45) is 5.92 Å². The predicted molar refractivity (Wildman–Crippen MR) is 80.0 cm³/mol. The summed E-state index contributed by atoms with van der Waals surface area (Å²) in [6.45, 7) is 0.628. The van der Waals surface area contributed by atoms with Crippen LogP contribution < -0.4 is 10.6 Å². The topological polar surface area (TPSA) is 54.0 Å². The van der Waals surface area contributed by atoms with Crippen LogP contribution in [0.2, 0.25) is 5.15 Å². The number of benzene rings is 1. The Morgan fingerprint density at radius 3 is 2.95 bits per heavy atom. The number of fused-ring (bicyclic) bond motifs is 1. The number of nitrogens with zero attached hydrogens (tertiary/aromatic N) is 1. The summed E-state index contributed by atoms with van der Waals surface area (Å²) in [5.41, 5.74) is 2.27. The third kappa shape index (κ3) is 2.75. The van der Waals surface area contributed by atoms with Gasteiger partial charge in [-0.2, -0.15) is 0 Å². The van der Waals surface area contributed by atoms with Crippen LogP contribution >= 0.6 is 11.6 Å². The van der Waals surface area contributed by atoms with Crippen molar-refractivity contribution >= 4 is 29.0 Å². The Morgan fingerprint density at radius 1 is 1.25 bits per heavy atom. The smallest absolute Gasteiger partial charge is 0.230 e. The third-order valence-corrected chi connectivity index (χ3v) is 3.57. The summed E-state index contributed by atoms with van der Waals surface area (Å²) in [5, 5.41) is 6.46. The number of aromatic nitrogens is 1. The maximum atomic E-state index is 12.3. The molecule has 2 aromatic rings. The number of carbonyl (C=O) groups is 1. The number of hydrogen-bond acceptors (Lipinski definition) is 3. The van der Waals surface area contributed by atoms with E-state index in [1.54, 1.807) is 18.2 Å². The van der Waals surface area contributed by atoms with E-state index < -0.39 is 0 Å². The zero-order chi connectivity index (χ0) is 13.9. The lowest BCUT2D eigenvalue weighted by Gasteiger charge is -2.25. The van der Waals surface area contributed by atoms with Gasteiger partial charge in [0.25, 0.3) is 0 Å². The molecule has 1 aliphatic rings. The number of carbonyl (C=O) groups excluding carboxylic acids is 1. The quantitative estimate of drug-likeness (QED) is 0.835. The highest BCUT2D eigenvalue weighted by Gasteiger charge is 2.24. The Morgan fingerprint density at radius 2 is 2.10 bits per heavy atom. The van der Waals surface area contributed by atoms with E-state index >= 15 is 0 Å². The summed E-state index contributed by atoms with van der Waals surface area (Å²) in [7, 11) is 0. The number of amides is 1. The number of para-hydroxylation sites is 1. The summed E-state index contributed by atoms with van der Waals surface area (Å²) >= 11 is 5.81. The monoisotopic (exact) mass is 287 g/mol. The molecule has 4 nitrogen and oxygen atoms in total. The Balaban J connectivity index is 1.70. The van der Waals surface area contributed by atoms with E-state index in [1.165, 1.54) is 0 Å². The average molecular weight is 288 g/mol. The van der Waals surface area contributed by atoms with Gasteiger partial charge >= 0.3 is 0 Å². The second kappa shape index (κ2) is 5.51. The number of halogens is 1. The molecule has 0 radical (unpaired) electrons. The molecule has 1 aromatic heterocycles. The largest absolute Gasteiger partial charge is 0.384 e. The van der Waals surface area contributed by atoms with Gasteiger partial charge in [0.1, 0.15) is 11.0 Å². The Bertz CT molecular complexity index is 645. The first-order valence-corrected chi connectivity index (χ1v) is 6.85. The van der Waals surface area contributed by atoms with Crippen LogP contribution in [0.25, 0.3) is 0 Å². The fourth-order valence-corrected chi connectivity index (χ4v) is 2.50. The number of nitrogens with one attached hydrogen (secondary N) is 2. The van der Waals surface area contributed by atoms with Crippen LogP contribution in [0.15, 0.2) is 42.5 Å². The average Bonchev–Trinajstić information content (AvgIpc) is 2.47. The molecular formula is C15H14ClN3O. The highest BCUT2D eigenvalue weighted by molar-refractivity contribution is 6.29. The minimum atomic E-state index is -0.106. The van der Waals surface area contributed by atoms with Crippen LogP contribution in [0.5, 0.6) is 0 Å². The van der Waals surface area contributed by atoms with Crippen molar-refractivity contribution in [1.29, 1.82) is 0 Å². The van der Waals surface area contributed by atoms with Crippen LogP contribution in [0.4, 0.5) is 11.5 Å². The van der Waals surface area contributed by atoms with E-state index in [1.807, 2.05) is 24.3 Å². The van der Waals surface area contributed by atoms with Crippen molar-refractivity contribution in [2.75, 3.05) is 17.2 Å². The van der Waals surface area contributed by atoms with Crippen molar-refractivity contribution in [1.82, 2.24) is 4.98 Å². The summed E-state index contributed by atoms with van der Waals surface area (Å²) in [6, 6.07) is 13.2. The SMILES string of the molecule is O=C(Nc1cccc(Cl)n1)C1CNc2ccccc2C1. The molecule has 2 heterocycles. The molecule has 0 saturated carbocycles. The van der Waals surface area contributed by atoms with Gasteiger partial charge in [-0.15, -0.1) is 0 Å². The highest BCUT2D eigenvalue weighted by Crippen LogP contribution is 2.25. The number of hydrogen-bond donors (Lipinski definition) is 2. The number of anilines is 2. The summed E-state index contributed by atoms with van der Waals surface area (Å²) in [6.07, 6.45) is 0.732. The molecule has 1 amide bonds. The zero-order valence-corrected chi connectivity index (χ0v) is 11.5. The van der Waals surface area contributed by atoms with Crippen molar-refractivity contribution in [2.45, 2.75) is 6.42 Å². The number of rotatable bonds is 2. The predicted octanol–water partition coefficient (Wildman–Crippen LogP) is 2.96. The van der Waals surface area contributed by atoms with Gasteiger partial charge in [0.15, 0.2) is 0 Å². The normalized spacial score (nSPS) is 16.9. The molecule has 1 aliphatic heterocycles. The molecule has 3 rings (SSSR count). The standard InChI is InChI=1S/C15H14ClN3O/c16-13-6-3-7-14(18-13)19-15(20)11-8-10-4-1-2-5-12(10)17-9-11/h1-7,11,17H,8-9H2,(H,18,19,20). The van der Waals surface area contributed by atoms with E-state index in [9.17, 15) is 4.79 Å². The van der Waals surface area contributed by atoms with Gasteiger partial charge in [0.2, 0.25) is 5.91 Å². The van der Waals surface area contributed by atoms with Gasteiger partial charge < -0.3 is 10.6 Å². The molecule has 0 bridgehead atoms. The summed E-state index contributed by atoms with van der Waals surface area (Å²) in [4.78, 5) is 16.3. The lowest BCUT2D eigenvalue weighted by atomic mass is 9.93. The van der Waals surface area contributed by atoms with E-state index in [4.69, 9.17) is 11.6 Å². The Labute approximate surface area is 122 Å². The van der Waals surface area contributed by atoms with Crippen LogP contribution in [0, 0.1) is 5.92 Å². The van der Waals surface area contributed by atoms with Gasteiger partial charge in [-0.05, 0) is 30.2 Å². The molecule has 5 heteroatoms. The van der Waals surface area contributed by atoms with Gasteiger partial charge in [0, 0.05) is 12.2 Å². The van der Waals surface area contributed by atoms with E-state index in [0.717, 1.165) is 17.7 Å². The molecule has 0 aliphatic carbocycles. The van der Waals surface area contributed by atoms with Gasteiger partial charge in [-0.25, -0.2) is 4.98 Å². The van der Waals surface area contributed by atoms with E-state index in [0.29, 0.717) is 17.5 Å². The van der Waals surface area contributed by atoms with Gasteiger partial charge in [0.05, 0.1) is 5.92 Å². The van der Waals surface area contributed by atoms with Crippen molar-refractivity contribution < 1.29 is 4.79 Å². The second-order valence-corrected chi connectivity index (χ2v) is 5.16. The first-order chi connectivity index (χ1) is 9.72. The first-order valence-electron chi connectivity index (χ1n) is 6.47. The van der Waals surface area contributed by atoms with Crippen LogP contribution in [-0.2, 0) is 11.2 Å². The fourth-order valence-electron chi connectivity index (χ4n) is 2.33. The number of pyridine rings is 1. The van der Waals surface area contributed by atoms with E-state index in [-0.39, 0.29) is 11.8 Å². The molecule has 0 saturated heterocycles. The molecule has 20 heavy (non-hydrogen) atoms. The molecule has 2 N–H and O–H groups in total.